The zero-order valence-corrected chi connectivity index (χ0v) is 12.8. The van der Waals surface area contributed by atoms with Gasteiger partial charge in [0.25, 0.3) is 10.0 Å². The minimum absolute atomic E-state index is 0.0248. The third-order valence-electron chi connectivity index (χ3n) is 3.19. The molecule has 0 atom stereocenters. The van der Waals surface area contributed by atoms with Crippen LogP contribution in [0.3, 0.4) is 0 Å². The Hall–Kier alpha value is -2.69. The first-order valence-electron chi connectivity index (χ1n) is 6.61. The maximum atomic E-state index is 13.6. The van der Waals surface area contributed by atoms with Crippen molar-refractivity contribution in [2.45, 2.75) is 11.1 Å². The summed E-state index contributed by atoms with van der Waals surface area (Å²) in [6.07, 6.45) is -4.68. The number of sulfonamides is 1. The Kier molecular flexibility index (Phi) is 3.90. The van der Waals surface area contributed by atoms with E-state index in [2.05, 4.69) is 4.98 Å². The molecule has 0 aliphatic rings. The van der Waals surface area contributed by atoms with E-state index in [0.29, 0.717) is 6.07 Å². The number of H-pyrrole nitrogens is 1. The number of rotatable bonds is 3. The highest BCUT2D eigenvalue weighted by Crippen LogP contribution is 2.29. The zero-order chi connectivity index (χ0) is 18.4. The fourth-order valence-electron chi connectivity index (χ4n) is 2.11. The van der Waals surface area contributed by atoms with Gasteiger partial charge < -0.3 is 4.98 Å². The molecule has 25 heavy (non-hydrogen) atoms. The smallest absolute Gasteiger partial charge is 0.334 e. The minimum Gasteiger partial charge on any atom is -0.334 e. The van der Waals surface area contributed by atoms with E-state index in [-0.39, 0.29) is 16.7 Å². The molecule has 0 fully saturated rings. The van der Waals surface area contributed by atoms with Gasteiger partial charge in [0.1, 0.15) is 16.5 Å². The highest BCUT2D eigenvalue weighted by atomic mass is 32.2. The van der Waals surface area contributed by atoms with Crippen molar-refractivity contribution in [1.29, 1.82) is 0 Å². The summed E-state index contributed by atoms with van der Waals surface area (Å²) in [5.74, 6) is -3.48. The summed E-state index contributed by atoms with van der Waals surface area (Å²) in [5, 5.41) is 0. The number of nitrogens with one attached hydrogen (secondary N) is 2. The molecule has 0 bridgehead atoms. The number of halogens is 5. The van der Waals surface area contributed by atoms with Gasteiger partial charge in [-0.2, -0.15) is 13.2 Å². The van der Waals surface area contributed by atoms with Crippen molar-refractivity contribution in [3.63, 3.8) is 0 Å². The van der Waals surface area contributed by atoms with Crippen molar-refractivity contribution in [3.05, 3.63) is 53.9 Å². The number of benzene rings is 2. The van der Waals surface area contributed by atoms with Crippen LogP contribution in [0.25, 0.3) is 11.0 Å². The van der Waals surface area contributed by atoms with E-state index in [4.69, 9.17) is 0 Å². The molecule has 2 aromatic carbocycles. The fraction of sp³-hybridized carbons (Fsp3) is 0.0714. The first-order chi connectivity index (χ1) is 11.6. The van der Waals surface area contributed by atoms with Gasteiger partial charge in [-0.3, -0.25) is 4.72 Å². The van der Waals surface area contributed by atoms with Crippen LogP contribution in [0.5, 0.6) is 0 Å². The predicted molar refractivity (Wildman–Crippen MR) is 78.3 cm³/mol. The summed E-state index contributed by atoms with van der Waals surface area (Å²) in [7, 11) is -4.40. The van der Waals surface area contributed by atoms with Gasteiger partial charge in [0.2, 0.25) is 5.82 Å². The number of imidazole rings is 1. The molecule has 0 unspecified atom stereocenters. The first-order valence-corrected chi connectivity index (χ1v) is 8.09. The Morgan fingerprint density at radius 1 is 1.04 bits per heavy atom. The van der Waals surface area contributed by atoms with Crippen LogP contribution in [0.4, 0.5) is 27.6 Å². The van der Waals surface area contributed by atoms with E-state index in [0.717, 1.165) is 18.2 Å². The second-order valence-corrected chi connectivity index (χ2v) is 6.65. The summed E-state index contributed by atoms with van der Waals surface area (Å²) in [5.41, 5.74) is -0.205. The van der Waals surface area contributed by atoms with Crippen LogP contribution in [0.1, 0.15) is 5.82 Å². The maximum Gasteiger partial charge on any atom is 0.449 e. The van der Waals surface area contributed by atoms with Crippen LogP contribution in [0.2, 0.25) is 0 Å². The molecule has 0 saturated heterocycles. The number of fused-ring (bicyclic) bond motifs is 1. The molecular weight excluding hydrogens is 369 g/mol. The maximum absolute atomic E-state index is 13.6. The third-order valence-corrected chi connectivity index (χ3v) is 4.60. The largest absolute Gasteiger partial charge is 0.449 e. The van der Waals surface area contributed by atoms with Gasteiger partial charge in [-0.15, -0.1) is 0 Å². The van der Waals surface area contributed by atoms with Crippen LogP contribution >= 0.6 is 0 Å². The molecule has 0 radical (unpaired) electrons. The Morgan fingerprint density at radius 2 is 1.76 bits per heavy atom. The van der Waals surface area contributed by atoms with Gasteiger partial charge in [0.05, 0.1) is 16.7 Å². The van der Waals surface area contributed by atoms with E-state index in [1.165, 1.54) is 12.1 Å². The number of alkyl halides is 3. The van der Waals surface area contributed by atoms with Gasteiger partial charge >= 0.3 is 6.18 Å². The molecule has 1 aromatic heterocycles. The third kappa shape index (κ3) is 3.40. The number of aromatic amines is 1. The molecule has 1 heterocycles. The van der Waals surface area contributed by atoms with Crippen molar-refractivity contribution in [2.24, 2.45) is 0 Å². The molecule has 0 saturated carbocycles. The van der Waals surface area contributed by atoms with E-state index in [1.54, 1.807) is 0 Å². The summed E-state index contributed by atoms with van der Waals surface area (Å²) in [6.45, 7) is 0. The molecule has 3 aromatic rings. The molecule has 132 valence electrons. The van der Waals surface area contributed by atoms with E-state index < -0.39 is 38.6 Å². The van der Waals surface area contributed by atoms with Crippen LogP contribution in [-0.2, 0) is 16.2 Å². The molecule has 5 nitrogen and oxygen atoms in total. The standard InChI is InChI=1S/C14H8F5N3O2S/c15-7-1-4-12(9(16)5-7)25(23,24)22-8-2-3-10-11(6-8)21-13(20-10)14(17,18)19/h1-6,22H,(H,20,21). The van der Waals surface area contributed by atoms with Crippen LogP contribution in [0, 0.1) is 11.6 Å². The SMILES string of the molecule is O=S(=O)(Nc1ccc2nc(C(F)(F)F)[nH]c2c1)c1ccc(F)cc1F. The van der Waals surface area contributed by atoms with Crippen LogP contribution < -0.4 is 4.72 Å². The highest BCUT2D eigenvalue weighted by Gasteiger charge is 2.34. The molecule has 11 heteroatoms. The second kappa shape index (κ2) is 5.69. The van der Waals surface area contributed by atoms with Crippen molar-refractivity contribution >= 4 is 26.7 Å². The molecule has 0 aliphatic heterocycles. The first kappa shape index (κ1) is 17.1. The molecule has 2 N–H and O–H groups in total. The van der Waals surface area contributed by atoms with Crippen LogP contribution in [0.15, 0.2) is 41.3 Å². The number of nitrogens with zero attached hydrogens (tertiary/aromatic N) is 1. The van der Waals surface area contributed by atoms with Gasteiger partial charge in [-0.05, 0) is 30.3 Å². The zero-order valence-electron chi connectivity index (χ0n) is 12.0. The van der Waals surface area contributed by atoms with Crippen LogP contribution in [-0.4, -0.2) is 18.4 Å². The Bertz CT molecular complexity index is 1060. The minimum atomic E-state index is -4.68. The molecule has 0 amide bonds. The molecule has 0 spiro atoms. The topological polar surface area (TPSA) is 74.8 Å². The van der Waals surface area contributed by atoms with Crippen molar-refractivity contribution in [3.8, 4) is 0 Å². The lowest BCUT2D eigenvalue weighted by molar-refractivity contribution is -0.144. The summed E-state index contributed by atoms with van der Waals surface area (Å²) in [6, 6.07) is 5.33. The lowest BCUT2D eigenvalue weighted by Crippen LogP contribution is -2.14. The number of aromatic nitrogens is 2. The number of hydrogen-bond acceptors (Lipinski definition) is 3. The van der Waals surface area contributed by atoms with E-state index in [1.807, 2.05) is 9.71 Å². The molecule has 0 aliphatic carbocycles. The average molecular weight is 377 g/mol. The van der Waals surface area contributed by atoms with E-state index >= 15 is 0 Å². The fourth-order valence-corrected chi connectivity index (χ4v) is 3.22. The van der Waals surface area contributed by atoms with Gasteiger partial charge in [0.15, 0.2) is 0 Å². The van der Waals surface area contributed by atoms with Crippen molar-refractivity contribution in [2.75, 3.05) is 4.72 Å². The highest BCUT2D eigenvalue weighted by molar-refractivity contribution is 7.92. The normalized spacial score (nSPS) is 12.5. The Labute approximate surface area is 137 Å². The van der Waals surface area contributed by atoms with Crippen molar-refractivity contribution in [1.82, 2.24) is 9.97 Å². The second-order valence-electron chi connectivity index (χ2n) is 5.00. The molecule has 3 rings (SSSR count). The Balaban J connectivity index is 1.96. The summed E-state index contributed by atoms with van der Waals surface area (Å²) >= 11 is 0. The summed E-state index contributed by atoms with van der Waals surface area (Å²) < 4.78 is 90.7. The summed E-state index contributed by atoms with van der Waals surface area (Å²) in [4.78, 5) is 4.57. The van der Waals surface area contributed by atoms with Gasteiger partial charge in [0, 0.05) is 6.07 Å². The average Bonchev–Trinajstić information content (AvgIpc) is 2.89. The lowest BCUT2D eigenvalue weighted by Gasteiger charge is -2.09. The number of anilines is 1. The quantitative estimate of drug-likeness (QED) is 0.684. The monoisotopic (exact) mass is 377 g/mol. The predicted octanol–water partition coefficient (Wildman–Crippen LogP) is 3.66. The van der Waals surface area contributed by atoms with Gasteiger partial charge in [-0.1, -0.05) is 0 Å². The lowest BCUT2D eigenvalue weighted by atomic mass is 10.3. The Morgan fingerprint density at radius 3 is 2.40 bits per heavy atom. The van der Waals surface area contributed by atoms with E-state index in [9.17, 15) is 30.4 Å². The van der Waals surface area contributed by atoms with Gasteiger partial charge in [-0.25, -0.2) is 22.2 Å². The number of hydrogen-bond donors (Lipinski definition) is 2. The molecular formula is C14H8F5N3O2S. The van der Waals surface area contributed by atoms with Crippen molar-refractivity contribution < 1.29 is 30.4 Å².